The Morgan fingerprint density at radius 2 is 1.84 bits per heavy atom. The predicted molar refractivity (Wildman–Crippen MR) is 74.9 cm³/mol. The first-order valence-corrected chi connectivity index (χ1v) is 8.18. The van der Waals surface area contributed by atoms with Gasteiger partial charge in [-0.15, -0.1) is 0 Å². The maximum Gasteiger partial charge on any atom is 0.306 e. The zero-order chi connectivity index (χ0) is 13.2. The topological polar surface area (TPSA) is 49.3 Å². The monoisotopic (exact) mass is 265 g/mol. The Balaban J connectivity index is 1.32. The zero-order valence-electron chi connectivity index (χ0n) is 11.8. The van der Waals surface area contributed by atoms with Crippen LogP contribution in [0.5, 0.6) is 0 Å². The molecule has 0 aromatic heterocycles. The molecule has 0 aromatic carbocycles. The van der Waals surface area contributed by atoms with Crippen molar-refractivity contribution >= 4 is 5.97 Å². The van der Waals surface area contributed by atoms with Crippen LogP contribution in [0, 0.1) is 23.7 Å². The van der Waals surface area contributed by atoms with Crippen molar-refractivity contribution in [1.29, 1.82) is 0 Å². The zero-order valence-corrected chi connectivity index (χ0v) is 11.8. The van der Waals surface area contributed by atoms with E-state index in [4.69, 9.17) is 5.11 Å². The highest BCUT2D eigenvalue weighted by Crippen LogP contribution is 2.49. The SMILES string of the molecule is O=C(O)C1CCC(NCCC2CC3CCC2C3)CC1. The van der Waals surface area contributed by atoms with Gasteiger partial charge in [0.05, 0.1) is 5.92 Å². The molecule has 0 aliphatic heterocycles. The van der Waals surface area contributed by atoms with Gasteiger partial charge < -0.3 is 10.4 Å². The summed E-state index contributed by atoms with van der Waals surface area (Å²) < 4.78 is 0. The Kier molecular flexibility index (Phi) is 4.11. The third-order valence-corrected chi connectivity index (χ3v) is 5.91. The van der Waals surface area contributed by atoms with E-state index in [-0.39, 0.29) is 5.92 Å². The van der Waals surface area contributed by atoms with Gasteiger partial charge in [-0.2, -0.15) is 0 Å². The third-order valence-electron chi connectivity index (χ3n) is 5.91. The highest BCUT2D eigenvalue weighted by atomic mass is 16.4. The van der Waals surface area contributed by atoms with E-state index in [0.29, 0.717) is 6.04 Å². The summed E-state index contributed by atoms with van der Waals surface area (Å²) in [4.78, 5) is 10.9. The number of rotatable bonds is 5. The number of aliphatic carboxylic acids is 1. The van der Waals surface area contributed by atoms with Crippen molar-refractivity contribution in [3.63, 3.8) is 0 Å². The molecule has 0 spiro atoms. The standard InChI is InChI=1S/C16H27NO2/c18-16(19)12-3-5-15(6-4-12)17-8-7-14-10-11-1-2-13(14)9-11/h11-15,17H,1-10H2,(H,18,19). The normalized spacial score (nSPS) is 41.6. The number of nitrogens with one attached hydrogen (secondary N) is 1. The molecule has 0 saturated heterocycles. The summed E-state index contributed by atoms with van der Waals surface area (Å²) in [7, 11) is 0. The van der Waals surface area contributed by atoms with Crippen molar-refractivity contribution in [2.45, 2.75) is 63.8 Å². The maximum absolute atomic E-state index is 10.9. The predicted octanol–water partition coefficient (Wildman–Crippen LogP) is 3.05. The van der Waals surface area contributed by atoms with Crippen LogP contribution in [-0.2, 0) is 4.79 Å². The number of carboxylic acids is 1. The summed E-state index contributed by atoms with van der Waals surface area (Å²) in [5.74, 6) is 2.40. The first kappa shape index (κ1) is 13.4. The third kappa shape index (κ3) is 3.13. The van der Waals surface area contributed by atoms with Crippen LogP contribution in [0.2, 0.25) is 0 Å². The van der Waals surface area contributed by atoms with Gasteiger partial charge in [-0.05, 0) is 75.7 Å². The van der Waals surface area contributed by atoms with E-state index in [1.54, 1.807) is 0 Å². The van der Waals surface area contributed by atoms with Crippen LogP contribution >= 0.6 is 0 Å². The van der Waals surface area contributed by atoms with Gasteiger partial charge in [-0.1, -0.05) is 6.42 Å². The van der Waals surface area contributed by atoms with Crippen molar-refractivity contribution < 1.29 is 9.90 Å². The van der Waals surface area contributed by atoms with Gasteiger partial charge in [0.2, 0.25) is 0 Å². The molecule has 3 rings (SSSR count). The molecule has 108 valence electrons. The van der Waals surface area contributed by atoms with Gasteiger partial charge in [-0.25, -0.2) is 0 Å². The molecule has 19 heavy (non-hydrogen) atoms. The molecule has 0 amide bonds. The van der Waals surface area contributed by atoms with Crippen LogP contribution in [0.3, 0.4) is 0 Å². The van der Waals surface area contributed by atoms with Crippen molar-refractivity contribution in [2.75, 3.05) is 6.54 Å². The first-order chi connectivity index (χ1) is 9.22. The fourth-order valence-corrected chi connectivity index (χ4v) is 4.75. The van der Waals surface area contributed by atoms with E-state index in [0.717, 1.165) is 50.0 Å². The Morgan fingerprint density at radius 3 is 2.42 bits per heavy atom. The molecule has 3 aliphatic rings. The summed E-state index contributed by atoms with van der Waals surface area (Å²) in [6, 6.07) is 0.578. The number of hydrogen-bond acceptors (Lipinski definition) is 2. The van der Waals surface area contributed by atoms with E-state index in [9.17, 15) is 4.79 Å². The van der Waals surface area contributed by atoms with Crippen molar-refractivity contribution in [1.82, 2.24) is 5.32 Å². The summed E-state index contributed by atoms with van der Waals surface area (Å²) in [6.45, 7) is 1.15. The van der Waals surface area contributed by atoms with Crippen molar-refractivity contribution in [3.05, 3.63) is 0 Å². The van der Waals surface area contributed by atoms with Gasteiger partial charge in [0.25, 0.3) is 0 Å². The van der Waals surface area contributed by atoms with E-state index in [2.05, 4.69) is 5.32 Å². The van der Waals surface area contributed by atoms with Gasteiger partial charge in [0.1, 0.15) is 0 Å². The number of carbonyl (C=O) groups is 1. The lowest BCUT2D eigenvalue weighted by Gasteiger charge is -2.28. The second kappa shape index (κ2) is 5.82. The molecule has 3 heteroatoms. The highest BCUT2D eigenvalue weighted by Gasteiger charge is 2.38. The number of fused-ring (bicyclic) bond motifs is 2. The second-order valence-corrected chi connectivity index (χ2v) is 7.06. The second-order valence-electron chi connectivity index (χ2n) is 7.06. The molecule has 0 aromatic rings. The Bertz CT molecular complexity index is 323. The fraction of sp³-hybridized carbons (Fsp3) is 0.938. The molecular formula is C16H27NO2. The lowest BCUT2D eigenvalue weighted by Crippen LogP contribution is -2.36. The van der Waals surface area contributed by atoms with Gasteiger partial charge in [0, 0.05) is 6.04 Å². The number of carboxylic acid groups (broad SMARTS) is 1. The smallest absolute Gasteiger partial charge is 0.306 e. The van der Waals surface area contributed by atoms with Gasteiger partial charge >= 0.3 is 5.97 Å². The molecule has 3 fully saturated rings. The Morgan fingerprint density at radius 1 is 1.05 bits per heavy atom. The fourth-order valence-electron chi connectivity index (χ4n) is 4.75. The minimum absolute atomic E-state index is 0.0800. The quantitative estimate of drug-likeness (QED) is 0.803. The highest BCUT2D eigenvalue weighted by molar-refractivity contribution is 5.70. The first-order valence-electron chi connectivity index (χ1n) is 8.18. The minimum atomic E-state index is -0.597. The van der Waals surface area contributed by atoms with Crippen LogP contribution in [0.4, 0.5) is 0 Å². The van der Waals surface area contributed by atoms with Crippen LogP contribution < -0.4 is 5.32 Å². The molecule has 2 bridgehead atoms. The van der Waals surface area contributed by atoms with Crippen molar-refractivity contribution in [3.8, 4) is 0 Å². The maximum atomic E-state index is 10.9. The molecule has 3 saturated carbocycles. The van der Waals surface area contributed by atoms with E-state index in [1.807, 2.05) is 0 Å². The molecule has 0 radical (unpaired) electrons. The molecule has 3 atom stereocenters. The van der Waals surface area contributed by atoms with E-state index < -0.39 is 5.97 Å². The van der Waals surface area contributed by atoms with E-state index in [1.165, 1.54) is 32.1 Å². The van der Waals surface area contributed by atoms with Gasteiger partial charge in [-0.3, -0.25) is 4.79 Å². The van der Waals surface area contributed by atoms with Crippen molar-refractivity contribution in [2.24, 2.45) is 23.7 Å². The lowest BCUT2D eigenvalue weighted by atomic mass is 9.85. The molecular weight excluding hydrogens is 238 g/mol. The van der Waals surface area contributed by atoms with Crippen LogP contribution in [0.15, 0.2) is 0 Å². The minimum Gasteiger partial charge on any atom is -0.481 e. The molecule has 3 nitrogen and oxygen atoms in total. The average molecular weight is 265 g/mol. The Hall–Kier alpha value is -0.570. The largest absolute Gasteiger partial charge is 0.481 e. The summed E-state index contributed by atoms with van der Waals surface area (Å²) in [6.07, 6.45) is 11.1. The van der Waals surface area contributed by atoms with Crippen LogP contribution in [0.1, 0.15) is 57.8 Å². The lowest BCUT2D eigenvalue weighted by molar-refractivity contribution is -0.142. The molecule has 2 N–H and O–H groups in total. The van der Waals surface area contributed by atoms with E-state index >= 15 is 0 Å². The molecule has 3 unspecified atom stereocenters. The summed E-state index contributed by atoms with van der Waals surface area (Å²) in [5.41, 5.74) is 0. The summed E-state index contributed by atoms with van der Waals surface area (Å²) in [5, 5.41) is 12.7. The average Bonchev–Trinajstić information content (AvgIpc) is 3.02. The van der Waals surface area contributed by atoms with Gasteiger partial charge in [0.15, 0.2) is 0 Å². The van der Waals surface area contributed by atoms with Crippen LogP contribution in [-0.4, -0.2) is 23.7 Å². The summed E-state index contributed by atoms with van der Waals surface area (Å²) >= 11 is 0. The number of hydrogen-bond donors (Lipinski definition) is 2. The molecule has 0 heterocycles. The Labute approximate surface area is 116 Å². The van der Waals surface area contributed by atoms with Crippen LogP contribution in [0.25, 0.3) is 0 Å². The molecule has 3 aliphatic carbocycles.